The second-order valence-electron chi connectivity index (χ2n) is 7.10. The van der Waals surface area contributed by atoms with Crippen LogP contribution >= 0.6 is 11.3 Å². The predicted molar refractivity (Wildman–Crippen MR) is 87.5 cm³/mol. The molecular formula is C16H27N3OS. The van der Waals surface area contributed by atoms with Crippen molar-refractivity contribution in [3.63, 3.8) is 0 Å². The van der Waals surface area contributed by atoms with Crippen molar-refractivity contribution in [2.24, 2.45) is 5.73 Å². The zero-order valence-electron chi connectivity index (χ0n) is 13.4. The van der Waals surface area contributed by atoms with Crippen LogP contribution in [0.25, 0.3) is 0 Å². The summed E-state index contributed by atoms with van der Waals surface area (Å²) in [5.74, 6) is 0.00907. The number of carbonyl (C=O) groups is 1. The summed E-state index contributed by atoms with van der Waals surface area (Å²) in [7, 11) is 0. The highest BCUT2D eigenvalue weighted by molar-refractivity contribution is 7.09. The Morgan fingerprint density at radius 3 is 2.62 bits per heavy atom. The van der Waals surface area contributed by atoms with Gasteiger partial charge in [0.25, 0.3) is 0 Å². The lowest BCUT2D eigenvalue weighted by atomic mass is 9.82. The van der Waals surface area contributed by atoms with Gasteiger partial charge in [-0.3, -0.25) is 4.79 Å². The summed E-state index contributed by atoms with van der Waals surface area (Å²) in [6, 6.07) is 0. The summed E-state index contributed by atoms with van der Waals surface area (Å²) < 4.78 is 0. The van der Waals surface area contributed by atoms with Crippen LogP contribution in [-0.2, 0) is 16.6 Å². The van der Waals surface area contributed by atoms with Crippen molar-refractivity contribution in [3.05, 3.63) is 16.1 Å². The molecule has 5 heteroatoms. The van der Waals surface area contributed by atoms with Crippen molar-refractivity contribution in [3.8, 4) is 0 Å². The van der Waals surface area contributed by atoms with Gasteiger partial charge in [0, 0.05) is 23.8 Å². The van der Waals surface area contributed by atoms with Crippen molar-refractivity contribution >= 4 is 17.2 Å². The van der Waals surface area contributed by atoms with Crippen LogP contribution < -0.4 is 11.1 Å². The van der Waals surface area contributed by atoms with Gasteiger partial charge in [-0.05, 0) is 12.8 Å². The first kappa shape index (κ1) is 16.4. The van der Waals surface area contributed by atoms with Gasteiger partial charge in [0.2, 0.25) is 5.91 Å². The Labute approximate surface area is 131 Å². The molecule has 4 nitrogen and oxygen atoms in total. The fourth-order valence-electron chi connectivity index (χ4n) is 2.64. The Morgan fingerprint density at radius 1 is 1.38 bits per heavy atom. The maximum Gasteiger partial charge on any atom is 0.240 e. The number of rotatable bonds is 4. The van der Waals surface area contributed by atoms with Gasteiger partial charge < -0.3 is 11.1 Å². The van der Waals surface area contributed by atoms with E-state index in [9.17, 15) is 4.79 Å². The lowest BCUT2D eigenvalue weighted by Crippen LogP contribution is -2.55. The van der Waals surface area contributed by atoms with Gasteiger partial charge in [-0.15, -0.1) is 11.3 Å². The lowest BCUT2D eigenvalue weighted by Gasteiger charge is -2.31. The first-order valence-corrected chi connectivity index (χ1v) is 8.71. The molecule has 1 aliphatic rings. The van der Waals surface area contributed by atoms with Crippen LogP contribution in [0.3, 0.4) is 0 Å². The van der Waals surface area contributed by atoms with Crippen LogP contribution in [0.1, 0.15) is 63.6 Å². The Balaban J connectivity index is 1.81. The Kier molecular flexibility index (Phi) is 5.04. The van der Waals surface area contributed by atoms with E-state index in [1.54, 1.807) is 11.3 Å². The number of nitrogens with one attached hydrogen (secondary N) is 1. The average molecular weight is 309 g/mol. The Hall–Kier alpha value is -0.940. The minimum Gasteiger partial charge on any atom is -0.354 e. The van der Waals surface area contributed by atoms with Crippen molar-refractivity contribution < 1.29 is 4.79 Å². The molecule has 0 spiro atoms. The molecule has 0 unspecified atom stereocenters. The highest BCUT2D eigenvalue weighted by atomic mass is 32.1. The minimum absolute atomic E-state index is 0.00907. The van der Waals surface area contributed by atoms with Gasteiger partial charge in [-0.2, -0.15) is 0 Å². The van der Waals surface area contributed by atoms with Crippen molar-refractivity contribution in [1.82, 2.24) is 10.3 Å². The third kappa shape index (κ3) is 4.27. The van der Waals surface area contributed by atoms with E-state index < -0.39 is 5.54 Å². The van der Waals surface area contributed by atoms with Gasteiger partial charge in [0.1, 0.15) is 0 Å². The molecule has 0 radical (unpaired) electrons. The van der Waals surface area contributed by atoms with Crippen LogP contribution in [0.15, 0.2) is 5.38 Å². The molecule has 118 valence electrons. The van der Waals surface area contributed by atoms with Crippen molar-refractivity contribution in [2.75, 3.05) is 6.54 Å². The standard InChI is InChI=1S/C16H27N3OS/c1-15(2,3)12-11-21-13(19-12)7-10-18-14(20)16(17)8-5-4-6-9-16/h11H,4-10,17H2,1-3H3,(H,18,20). The first-order valence-electron chi connectivity index (χ1n) is 7.83. The van der Waals surface area contributed by atoms with E-state index in [0.29, 0.717) is 6.54 Å². The molecule has 1 aromatic heterocycles. The van der Waals surface area contributed by atoms with E-state index >= 15 is 0 Å². The first-order chi connectivity index (χ1) is 9.81. The monoisotopic (exact) mass is 309 g/mol. The third-order valence-corrected chi connectivity index (χ3v) is 5.05. The van der Waals surface area contributed by atoms with Crippen LogP contribution in [-0.4, -0.2) is 23.0 Å². The Bertz CT molecular complexity index is 484. The normalized spacial score (nSPS) is 18.5. The van der Waals surface area contributed by atoms with E-state index in [1.807, 2.05) is 0 Å². The van der Waals surface area contributed by atoms with E-state index in [2.05, 4.69) is 36.5 Å². The van der Waals surface area contributed by atoms with E-state index in [1.165, 1.54) is 6.42 Å². The molecular weight excluding hydrogens is 282 g/mol. The molecule has 0 aliphatic heterocycles. The van der Waals surface area contributed by atoms with E-state index in [0.717, 1.165) is 42.8 Å². The topological polar surface area (TPSA) is 68.0 Å². The predicted octanol–water partition coefficient (Wildman–Crippen LogP) is 2.76. The summed E-state index contributed by atoms with van der Waals surface area (Å²) in [5.41, 5.74) is 6.78. The highest BCUT2D eigenvalue weighted by Gasteiger charge is 2.34. The zero-order valence-corrected chi connectivity index (χ0v) is 14.2. The molecule has 21 heavy (non-hydrogen) atoms. The van der Waals surface area contributed by atoms with Gasteiger partial charge in [-0.25, -0.2) is 4.98 Å². The van der Waals surface area contributed by atoms with Gasteiger partial charge >= 0.3 is 0 Å². The van der Waals surface area contributed by atoms with Gasteiger partial charge in [0.15, 0.2) is 0 Å². The molecule has 1 fully saturated rings. The molecule has 2 rings (SSSR count). The summed E-state index contributed by atoms with van der Waals surface area (Å²) >= 11 is 1.67. The maximum absolute atomic E-state index is 12.2. The smallest absolute Gasteiger partial charge is 0.240 e. The highest BCUT2D eigenvalue weighted by Crippen LogP contribution is 2.26. The summed E-state index contributed by atoms with van der Waals surface area (Å²) in [6.07, 6.45) is 5.72. The van der Waals surface area contributed by atoms with Crippen LogP contribution in [0.2, 0.25) is 0 Å². The summed E-state index contributed by atoms with van der Waals surface area (Å²) in [5, 5.41) is 6.18. The number of nitrogens with two attached hydrogens (primary N) is 1. The molecule has 0 aromatic carbocycles. The van der Waals surface area contributed by atoms with Crippen molar-refractivity contribution in [1.29, 1.82) is 0 Å². The van der Waals surface area contributed by atoms with Gasteiger partial charge in [0.05, 0.1) is 16.2 Å². The summed E-state index contributed by atoms with van der Waals surface area (Å²) in [6.45, 7) is 7.10. The minimum atomic E-state index is -0.641. The number of amides is 1. The van der Waals surface area contributed by atoms with E-state index in [4.69, 9.17) is 5.73 Å². The zero-order chi connectivity index (χ0) is 15.5. The summed E-state index contributed by atoms with van der Waals surface area (Å²) in [4.78, 5) is 16.9. The molecule has 0 bridgehead atoms. The second kappa shape index (κ2) is 6.44. The number of thiazole rings is 1. The molecule has 1 aliphatic carbocycles. The molecule has 0 saturated heterocycles. The maximum atomic E-state index is 12.2. The van der Waals surface area contributed by atoms with E-state index in [-0.39, 0.29) is 11.3 Å². The number of aromatic nitrogens is 1. The fourth-order valence-corrected chi connectivity index (χ4v) is 3.66. The second-order valence-corrected chi connectivity index (χ2v) is 8.04. The number of nitrogens with zero attached hydrogens (tertiary/aromatic N) is 1. The average Bonchev–Trinajstić information content (AvgIpc) is 2.88. The molecule has 1 saturated carbocycles. The van der Waals surface area contributed by atoms with Gasteiger partial charge in [-0.1, -0.05) is 40.0 Å². The number of carbonyl (C=O) groups excluding carboxylic acids is 1. The van der Waals surface area contributed by atoms with Crippen LogP contribution in [0.5, 0.6) is 0 Å². The Morgan fingerprint density at radius 2 is 2.05 bits per heavy atom. The SMILES string of the molecule is CC(C)(C)c1csc(CCNC(=O)C2(N)CCCCC2)n1. The third-order valence-electron chi connectivity index (χ3n) is 4.14. The van der Waals surface area contributed by atoms with Crippen LogP contribution in [0.4, 0.5) is 0 Å². The molecule has 0 atom stereocenters. The number of hydrogen-bond donors (Lipinski definition) is 2. The number of hydrogen-bond acceptors (Lipinski definition) is 4. The molecule has 3 N–H and O–H groups in total. The molecule has 1 aromatic rings. The molecule has 1 heterocycles. The molecule has 1 amide bonds. The fraction of sp³-hybridized carbons (Fsp3) is 0.750. The quantitative estimate of drug-likeness (QED) is 0.898. The lowest BCUT2D eigenvalue weighted by molar-refractivity contribution is -0.127. The largest absolute Gasteiger partial charge is 0.354 e. The van der Waals surface area contributed by atoms with Crippen LogP contribution in [0, 0.1) is 0 Å². The van der Waals surface area contributed by atoms with Crippen molar-refractivity contribution in [2.45, 2.75) is 70.3 Å².